The van der Waals surface area contributed by atoms with Crippen LogP contribution in [0.5, 0.6) is 0 Å². The fourth-order valence-electron chi connectivity index (χ4n) is 0.541. The van der Waals surface area contributed by atoms with Gasteiger partial charge in [-0.05, 0) is 6.92 Å². The highest BCUT2D eigenvalue weighted by molar-refractivity contribution is 6.29. The third-order valence-electron chi connectivity index (χ3n) is 0.981. The number of ketones is 1. The third-order valence-corrected chi connectivity index (χ3v) is 1.22. The van der Waals surface area contributed by atoms with E-state index in [1.165, 1.54) is 6.20 Å². The number of aryl methyl sites for hydroxylation is 1. The van der Waals surface area contributed by atoms with Gasteiger partial charge in [-0.25, -0.2) is 4.98 Å². The molecule has 0 unspecified atom stereocenters. The molecule has 0 aliphatic rings. The Morgan fingerprint density at radius 3 is 3.00 bits per heavy atom. The van der Waals surface area contributed by atoms with Gasteiger partial charge in [-0.1, -0.05) is 0 Å². The Labute approximate surface area is 63.0 Å². The van der Waals surface area contributed by atoms with Gasteiger partial charge in [0.2, 0.25) is 5.78 Å². The Balaban J connectivity index is 2.85. The van der Waals surface area contributed by atoms with E-state index >= 15 is 0 Å². The van der Waals surface area contributed by atoms with Crippen LogP contribution in [-0.2, 0) is 0 Å². The molecule has 0 saturated carbocycles. The summed E-state index contributed by atoms with van der Waals surface area (Å²) in [4.78, 5) is 14.4. The number of hydrogen-bond donors (Lipinski definition) is 0. The molecule has 0 aliphatic heterocycles. The lowest BCUT2D eigenvalue weighted by molar-refractivity contribution is 0.0983. The lowest BCUT2D eigenvalue weighted by Crippen LogP contribution is -1.99. The van der Waals surface area contributed by atoms with Gasteiger partial charge in [-0.2, -0.15) is 0 Å². The summed E-state index contributed by atoms with van der Waals surface area (Å²) in [6, 6.07) is 0. The zero-order valence-electron chi connectivity index (χ0n) is 5.43. The monoisotopic (exact) mass is 159 g/mol. The number of aromatic nitrogens is 1. The zero-order chi connectivity index (χ0) is 7.56. The summed E-state index contributed by atoms with van der Waals surface area (Å²) in [5.74, 6) is 0.343. The average Bonchev–Trinajstić information content (AvgIpc) is 2.34. The van der Waals surface area contributed by atoms with E-state index in [1.54, 1.807) is 6.92 Å². The molecule has 0 saturated heterocycles. The first-order valence-electron chi connectivity index (χ1n) is 2.75. The second-order valence-corrected chi connectivity index (χ2v) is 2.10. The number of oxazole rings is 1. The molecular weight excluding hydrogens is 154 g/mol. The maximum Gasteiger partial charge on any atom is 0.264 e. The Hall–Kier alpha value is -0.830. The number of halogens is 1. The van der Waals surface area contributed by atoms with Crippen molar-refractivity contribution in [1.29, 1.82) is 0 Å². The highest BCUT2D eigenvalue weighted by Crippen LogP contribution is 2.02. The normalized spacial score (nSPS) is 9.80. The number of alkyl halides is 1. The van der Waals surface area contributed by atoms with Crippen molar-refractivity contribution < 1.29 is 9.21 Å². The minimum absolute atomic E-state index is 0.0834. The highest BCUT2D eigenvalue weighted by atomic mass is 35.5. The molecule has 1 aromatic rings. The average molecular weight is 160 g/mol. The Morgan fingerprint density at radius 1 is 1.90 bits per heavy atom. The number of carbonyl (C=O) groups is 1. The van der Waals surface area contributed by atoms with E-state index in [2.05, 4.69) is 4.98 Å². The summed E-state index contributed by atoms with van der Waals surface area (Å²) in [5, 5.41) is 0. The van der Waals surface area contributed by atoms with Crippen molar-refractivity contribution in [2.45, 2.75) is 6.92 Å². The minimum atomic E-state index is -0.283. The number of nitrogens with zero attached hydrogens (tertiary/aromatic N) is 1. The van der Waals surface area contributed by atoms with E-state index in [0.29, 0.717) is 5.76 Å². The molecule has 54 valence electrons. The first-order valence-corrected chi connectivity index (χ1v) is 3.29. The second-order valence-electron chi connectivity index (χ2n) is 1.83. The van der Waals surface area contributed by atoms with E-state index in [9.17, 15) is 4.79 Å². The molecule has 1 rings (SSSR count). The van der Waals surface area contributed by atoms with Crippen LogP contribution in [0.2, 0.25) is 0 Å². The Morgan fingerprint density at radius 2 is 2.60 bits per heavy atom. The van der Waals surface area contributed by atoms with Crippen LogP contribution in [0.3, 0.4) is 0 Å². The number of Topliss-reactive ketones (excluding diaryl/α,β-unsaturated/α-hetero) is 1. The molecule has 0 N–H and O–H groups in total. The van der Waals surface area contributed by atoms with E-state index in [-0.39, 0.29) is 17.6 Å². The molecule has 0 amide bonds. The van der Waals surface area contributed by atoms with Gasteiger partial charge >= 0.3 is 0 Å². The van der Waals surface area contributed by atoms with Crippen LogP contribution in [0.4, 0.5) is 0 Å². The molecule has 0 aromatic carbocycles. The maximum absolute atomic E-state index is 10.7. The lowest BCUT2D eigenvalue weighted by atomic mass is 10.5. The van der Waals surface area contributed by atoms with Crippen LogP contribution in [0, 0.1) is 6.92 Å². The second kappa shape index (κ2) is 2.84. The summed E-state index contributed by atoms with van der Waals surface area (Å²) >= 11 is 5.25. The molecule has 0 bridgehead atoms. The maximum atomic E-state index is 10.7. The van der Waals surface area contributed by atoms with Crippen LogP contribution in [-0.4, -0.2) is 16.6 Å². The molecule has 0 aliphatic carbocycles. The van der Waals surface area contributed by atoms with Gasteiger partial charge in [0.25, 0.3) is 5.89 Å². The minimum Gasteiger partial charge on any atom is -0.439 e. The predicted octanol–water partition coefficient (Wildman–Crippen LogP) is 1.40. The molecule has 1 aromatic heterocycles. The SMILES string of the molecule is Cc1cnc(C(=O)CCl)o1. The zero-order valence-corrected chi connectivity index (χ0v) is 6.18. The van der Waals surface area contributed by atoms with Gasteiger partial charge in [0.05, 0.1) is 12.1 Å². The fourth-order valence-corrected chi connectivity index (χ4v) is 0.655. The Bertz CT molecular complexity index is 244. The number of carbonyl (C=O) groups excluding carboxylic acids is 1. The van der Waals surface area contributed by atoms with E-state index in [4.69, 9.17) is 16.0 Å². The van der Waals surface area contributed by atoms with Crippen LogP contribution in [0.25, 0.3) is 0 Å². The summed E-state index contributed by atoms with van der Waals surface area (Å²) in [5.41, 5.74) is 0. The smallest absolute Gasteiger partial charge is 0.264 e. The highest BCUT2D eigenvalue weighted by Gasteiger charge is 2.08. The van der Waals surface area contributed by atoms with Crippen LogP contribution < -0.4 is 0 Å². The van der Waals surface area contributed by atoms with Crippen LogP contribution >= 0.6 is 11.6 Å². The number of rotatable bonds is 2. The molecule has 3 nitrogen and oxygen atoms in total. The molecule has 0 spiro atoms. The van der Waals surface area contributed by atoms with Crippen molar-refractivity contribution in [2.75, 3.05) is 5.88 Å². The fraction of sp³-hybridized carbons (Fsp3) is 0.333. The standard InChI is InChI=1S/C6H6ClNO2/c1-4-3-8-6(10-4)5(9)2-7/h3H,2H2,1H3. The van der Waals surface area contributed by atoms with Crippen molar-refractivity contribution in [3.8, 4) is 0 Å². The third kappa shape index (κ3) is 1.36. The molecular formula is C6H6ClNO2. The van der Waals surface area contributed by atoms with E-state index in [0.717, 1.165) is 0 Å². The molecule has 0 radical (unpaired) electrons. The van der Waals surface area contributed by atoms with Gasteiger partial charge in [-0.3, -0.25) is 4.79 Å². The first kappa shape index (κ1) is 7.28. The summed E-state index contributed by atoms with van der Waals surface area (Å²) in [6.45, 7) is 1.72. The van der Waals surface area contributed by atoms with E-state index < -0.39 is 0 Å². The van der Waals surface area contributed by atoms with Gasteiger partial charge in [-0.15, -0.1) is 11.6 Å². The largest absolute Gasteiger partial charge is 0.439 e. The quantitative estimate of drug-likeness (QED) is 0.484. The Kier molecular flexibility index (Phi) is 2.06. The topological polar surface area (TPSA) is 43.1 Å². The molecule has 4 heteroatoms. The van der Waals surface area contributed by atoms with Crippen molar-refractivity contribution in [1.82, 2.24) is 4.98 Å². The van der Waals surface area contributed by atoms with Crippen molar-refractivity contribution in [3.63, 3.8) is 0 Å². The first-order chi connectivity index (χ1) is 4.74. The van der Waals surface area contributed by atoms with Crippen molar-refractivity contribution in [2.24, 2.45) is 0 Å². The van der Waals surface area contributed by atoms with Gasteiger partial charge in [0.1, 0.15) is 5.76 Å². The van der Waals surface area contributed by atoms with Gasteiger partial charge in [0.15, 0.2) is 0 Å². The van der Waals surface area contributed by atoms with Gasteiger partial charge in [0, 0.05) is 0 Å². The summed E-state index contributed by atoms with van der Waals surface area (Å²) < 4.78 is 4.89. The van der Waals surface area contributed by atoms with E-state index in [1.807, 2.05) is 0 Å². The van der Waals surface area contributed by atoms with Crippen LogP contribution in [0.15, 0.2) is 10.6 Å². The molecule has 0 fully saturated rings. The van der Waals surface area contributed by atoms with Gasteiger partial charge < -0.3 is 4.42 Å². The summed E-state index contributed by atoms with van der Waals surface area (Å²) in [7, 11) is 0. The number of hydrogen-bond acceptors (Lipinski definition) is 3. The molecule has 10 heavy (non-hydrogen) atoms. The molecule has 1 heterocycles. The van der Waals surface area contributed by atoms with Crippen LogP contribution in [0.1, 0.15) is 16.4 Å². The lowest BCUT2D eigenvalue weighted by Gasteiger charge is -1.84. The van der Waals surface area contributed by atoms with Crippen molar-refractivity contribution in [3.05, 3.63) is 17.8 Å². The predicted molar refractivity (Wildman–Crippen MR) is 36.3 cm³/mol. The molecule has 0 atom stereocenters. The summed E-state index contributed by atoms with van der Waals surface area (Å²) in [6.07, 6.45) is 1.49. The van der Waals surface area contributed by atoms with Crippen molar-refractivity contribution >= 4 is 17.4 Å².